The van der Waals surface area contributed by atoms with Crippen LogP contribution in [-0.2, 0) is 13.1 Å². The number of fused-ring (bicyclic) bond motifs is 1. The number of rotatable bonds is 3. The molecule has 1 aromatic heterocycles. The summed E-state index contributed by atoms with van der Waals surface area (Å²) < 4.78 is 10.6. The first-order valence-electron chi connectivity index (χ1n) is 6.52. The summed E-state index contributed by atoms with van der Waals surface area (Å²) in [4.78, 5) is 22.7. The smallest absolute Gasteiger partial charge is 0.262 e. The van der Waals surface area contributed by atoms with Gasteiger partial charge in [-0.05, 0) is 12.1 Å². The quantitative estimate of drug-likeness (QED) is 0.858. The lowest BCUT2D eigenvalue weighted by Crippen LogP contribution is -2.26. The van der Waals surface area contributed by atoms with E-state index in [2.05, 4.69) is 9.97 Å². The third-order valence-corrected chi connectivity index (χ3v) is 3.51. The van der Waals surface area contributed by atoms with E-state index in [1.807, 2.05) is 0 Å². The van der Waals surface area contributed by atoms with Gasteiger partial charge in [0, 0.05) is 18.3 Å². The number of ether oxygens (including phenoxy) is 2. The molecule has 2 heterocycles. The van der Waals surface area contributed by atoms with Crippen LogP contribution in [-0.4, -0.2) is 35.0 Å². The Morgan fingerprint density at radius 3 is 2.52 bits per heavy atom. The molecule has 1 aromatic carbocycles. The summed E-state index contributed by atoms with van der Waals surface area (Å²) in [6.45, 7) is 0.966. The van der Waals surface area contributed by atoms with Crippen molar-refractivity contribution in [2.45, 2.75) is 13.1 Å². The molecule has 1 amide bonds. The second-order valence-electron chi connectivity index (χ2n) is 4.69. The molecule has 0 atom stereocenters. The first-order valence-corrected chi connectivity index (χ1v) is 6.52. The molecule has 2 aromatic rings. The lowest BCUT2D eigenvalue weighted by Gasteiger charge is -2.19. The largest absolute Gasteiger partial charge is 0.496 e. The molecule has 0 unspecified atom stereocenters. The zero-order valence-corrected chi connectivity index (χ0v) is 11.9. The summed E-state index contributed by atoms with van der Waals surface area (Å²) in [6.07, 6.45) is 3.24. The summed E-state index contributed by atoms with van der Waals surface area (Å²) in [5, 5.41) is 0. The molecule has 0 aliphatic carbocycles. The van der Waals surface area contributed by atoms with Gasteiger partial charge in [-0.2, -0.15) is 0 Å². The predicted octanol–water partition coefficient (Wildman–Crippen LogP) is 1.65. The number of carbonyl (C=O) groups excluding carboxylic acids is 1. The second kappa shape index (κ2) is 5.40. The van der Waals surface area contributed by atoms with E-state index in [9.17, 15) is 4.79 Å². The molecule has 3 rings (SSSR count). The number of amides is 1. The highest BCUT2D eigenvalue weighted by molar-refractivity contribution is 6.00. The molecule has 108 valence electrons. The first kappa shape index (κ1) is 13.4. The maximum atomic E-state index is 12.8. The third kappa shape index (κ3) is 2.29. The maximum absolute atomic E-state index is 12.8. The number of hydrogen-bond donors (Lipinski definition) is 0. The van der Waals surface area contributed by atoms with Gasteiger partial charge in [0.05, 0.1) is 26.5 Å². The Labute approximate surface area is 122 Å². The van der Waals surface area contributed by atoms with Crippen molar-refractivity contribution >= 4 is 5.91 Å². The SMILES string of the molecule is COc1cccc(OC)c1C(=O)N1Cc2cncnc2C1. The van der Waals surface area contributed by atoms with Gasteiger partial charge in [-0.3, -0.25) is 4.79 Å². The fourth-order valence-electron chi connectivity index (χ4n) is 2.46. The van der Waals surface area contributed by atoms with E-state index in [1.165, 1.54) is 20.5 Å². The van der Waals surface area contributed by atoms with Gasteiger partial charge in [-0.1, -0.05) is 6.07 Å². The molecule has 1 aliphatic heterocycles. The summed E-state index contributed by atoms with van der Waals surface area (Å²) in [7, 11) is 3.07. The zero-order valence-electron chi connectivity index (χ0n) is 11.9. The zero-order chi connectivity index (χ0) is 14.8. The topological polar surface area (TPSA) is 64.6 Å². The third-order valence-electron chi connectivity index (χ3n) is 3.51. The first-order chi connectivity index (χ1) is 10.2. The van der Waals surface area contributed by atoms with Crippen LogP contribution in [0.1, 0.15) is 21.6 Å². The molecule has 6 heteroatoms. The molecule has 0 fully saturated rings. The molecule has 21 heavy (non-hydrogen) atoms. The van der Waals surface area contributed by atoms with Crippen molar-refractivity contribution in [1.29, 1.82) is 0 Å². The van der Waals surface area contributed by atoms with Crippen LogP contribution in [0.25, 0.3) is 0 Å². The highest BCUT2D eigenvalue weighted by atomic mass is 16.5. The fraction of sp³-hybridized carbons (Fsp3) is 0.267. The predicted molar refractivity (Wildman–Crippen MR) is 75.2 cm³/mol. The van der Waals surface area contributed by atoms with Gasteiger partial charge in [-0.25, -0.2) is 9.97 Å². The summed E-state index contributed by atoms with van der Waals surface area (Å²) >= 11 is 0. The van der Waals surface area contributed by atoms with Gasteiger partial charge < -0.3 is 14.4 Å². The van der Waals surface area contributed by atoms with Crippen LogP contribution in [0.5, 0.6) is 11.5 Å². The van der Waals surface area contributed by atoms with Crippen molar-refractivity contribution in [1.82, 2.24) is 14.9 Å². The molecule has 6 nitrogen and oxygen atoms in total. The van der Waals surface area contributed by atoms with E-state index in [1.54, 1.807) is 29.3 Å². The van der Waals surface area contributed by atoms with Crippen molar-refractivity contribution < 1.29 is 14.3 Å². The normalized spacial score (nSPS) is 13.0. The molecular formula is C15H15N3O3. The van der Waals surface area contributed by atoms with E-state index in [0.29, 0.717) is 30.2 Å². The van der Waals surface area contributed by atoms with E-state index in [-0.39, 0.29) is 5.91 Å². The number of aromatic nitrogens is 2. The van der Waals surface area contributed by atoms with Crippen molar-refractivity contribution in [3.05, 3.63) is 47.5 Å². The summed E-state index contributed by atoms with van der Waals surface area (Å²) in [5.41, 5.74) is 2.29. The molecule has 0 N–H and O–H groups in total. The lowest BCUT2D eigenvalue weighted by atomic mass is 10.1. The molecule has 0 saturated carbocycles. The standard InChI is InChI=1S/C15H15N3O3/c1-20-12-4-3-5-13(21-2)14(12)15(19)18-7-10-6-16-9-17-11(10)8-18/h3-6,9H,7-8H2,1-2H3. The summed E-state index contributed by atoms with van der Waals surface area (Å²) in [5.74, 6) is 0.866. The Morgan fingerprint density at radius 1 is 1.19 bits per heavy atom. The fourth-order valence-corrected chi connectivity index (χ4v) is 2.46. The van der Waals surface area contributed by atoms with Gasteiger partial charge in [-0.15, -0.1) is 0 Å². The summed E-state index contributed by atoms with van der Waals surface area (Å²) in [6, 6.07) is 5.29. The minimum absolute atomic E-state index is 0.137. The van der Waals surface area contributed by atoms with Gasteiger partial charge in [0.15, 0.2) is 0 Å². The lowest BCUT2D eigenvalue weighted by molar-refractivity contribution is 0.0743. The van der Waals surface area contributed by atoms with Crippen molar-refractivity contribution in [2.24, 2.45) is 0 Å². The van der Waals surface area contributed by atoms with Crippen LogP contribution >= 0.6 is 0 Å². The van der Waals surface area contributed by atoms with Gasteiger partial charge in [0.1, 0.15) is 23.4 Å². The Balaban J connectivity index is 1.94. The molecular weight excluding hydrogens is 270 g/mol. The van der Waals surface area contributed by atoms with Crippen LogP contribution < -0.4 is 9.47 Å². The Kier molecular flexibility index (Phi) is 3.43. The molecule has 0 saturated heterocycles. The minimum atomic E-state index is -0.137. The van der Waals surface area contributed by atoms with Gasteiger partial charge >= 0.3 is 0 Å². The molecule has 0 spiro atoms. The number of hydrogen-bond acceptors (Lipinski definition) is 5. The van der Waals surface area contributed by atoms with Crippen molar-refractivity contribution in [2.75, 3.05) is 14.2 Å². The number of nitrogens with zero attached hydrogens (tertiary/aromatic N) is 3. The monoisotopic (exact) mass is 285 g/mol. The molecule has 0 radical (unpaired) electrons. The van der Waals surface area contributed by atoms with Crippen LogP contribution in [0.4, 0.5) is 0 Å². The second-order valence-corrected chi connectivity index (χ2v) is 4.69. The van der Waals surface area contributed by atoms with Crippen LogP contribution in [0.3, 0.4) is 0 Å². The number of carbonyl (C=O) groups is 1. The van der Waals surface area contributed by atoms with Crippen molar-refractivity contribution in [3.8, 4) is 11.5 Å². The van der Waals surface area contributed by atoms with Gasteiger partial charge in [0.2, 0.25) is 0 Å². The average Bonchev–Trinajstić information content (AvgIpc) is 2.97. The Bertz CT molecular complexity index is 640. The van der Waals surface area contributed by atoms with E-state index in [4.69, 9.17) is 9.47 Å². The number of methoxy groups -OCH3 is 2. The minimum Gasteiger partial charge on any atom is -0.496 e. The Morgan fingerprint density at radius 2 is 1.90 bits per heavy atom. The van der Waals surface area contributed by atoms with E-state index < -0.39 is 0 Å². The van der Waals surface area contributed by atoms with Gasteiger partial charge in [0.25, 0.3) is 5.91 Å². The Hall–Kier alpha value is -2.63. The van der Waals surface area contributed by atoms with E-state index in [0.717, 1.165) is 11.3 Å². The highest BCUT2D eigenvalue weighted by Gasteiger charge is 2.29. The van der Waals surface area contributed by atoms with E-state index >= 15 is 0 Å². The van der Waals surface area contributed by atoms with Crippen LogP contribution in [0.15, 0.2) is 30.7 Å². The molecule has 1 aliphatic rings. The highest BCUT2D eigenvalue weighted by Crippen LogP contribution is 2.32. The molecule has 0 bridgehead atoms. The van der Waals surface area contributed by atoms with Crippen LogP contribution in [0, 0.1) is 0 Å². The number of benzene rings is 1. The maximum Gasteiger partial charge on any atom is 0.262 e. The average molecular weight is 285 g/mol. The van der Waals surface area contributed by atoms with Crippen molar-refractivity contribution in [3.63, 3.8) is 0 Å². The van der Waals surface area contributed by atoms with Crippen LogP contribution in [0.2, 0.25) is 0 Å².